The molecule has 0 fully saturated rings. The number of aliphatic hydroxyl groups is 1. The second-order valence-electron chi connectivity index (χ2n) is 3.90. The summed E-state index contributed by atoms with van der Waals surface area (Å²) >= 11 is 1.62. The molecule has 0 saturated heterocycles. The maximum atomic E-state index is 11.8. The molecule has 0 aliphatic heterocycles. The Morgan fingerprint density at radius 2 is 2.33 bits per heavy atom. The first kappa shape index (κ1) is 14.9. The van der Waals surface area contributed by atoms with Crippen LogP contribution in [0.15, 0.2) is 17.5 Å². The fourth-order valence-electron chi connectivity index (χ4n) is 1.31. The molecule has 0 bridgehead atoms. The number of amides is 1. The van der Waals surface area contributed by atoms with Gasteiger partial charge in [0.05, 0.1) is 19.8 Å². The quantitative estimate of drug-likeness (QED) is 0.603. The van der Waals surface area contributed by atoms with Gasteiger partial charge in [0.1, 0.15) is 0 Å². The van der Waals surface area contributed by atoms with E-state index in [1.807, 2.05) is 24.4 Å². The summed E-state index contributed by atoms with van der Waals surface area (Å²) < 4.78 is 5.11. The Morgan fingerprint density at radius 3 is 2.94 bits per heavy atom. The molecule has 0 aliphatic carbocycles. The number of aliphatic hydroxyl groups excluding tert-OH is 1. The Kier molecular flexibility index (Phi) is 6.64. The first-order valence-corrected chi connectivity index (χ1v) is 6.69. The Labute approximate surface area is 111 Å². The van der Waals surface area contributed by atoms with Gasteiger partial charge in [-0.25, -0.2) is 0 Å². The molecule has 1 aromatic rings. The van der Waals surface area contributed by atoms with Crippen LogP contribution in [0.4, 0.5) is 0 Å². The van der Waals surface area contributed by atoms with Gasteiger partial charge < -0.3 is 14.7 Å². The van der Waals surface area contributed by atoms with E-state index >= 15 is 0 Å². The molecule has 0 unspecified atom stereocenters. The van der Waals surface area contributed by atoms with Crippen LogP contribution in [0.3, 0.4) is 0 Å². The average molecular weight is 269 g/mol. The zero-order valence-corrected chi connectivity index (χ0v) is 11.6. The van der Waals surface area contributed by atoms with Crippen molar-refractivity contribution in [3.8, 4) is 0 Å². The summed E-state index contributed by atoms with van der Waals surface area (Å²) in [7, 11) is 1.73. The standard InChI is InChI=1S/C13H19NO3S/c1-11-5-10-18-12(11)3-4-13(16)14(2)6-8-17-9-7-15/h3-5,10,15H,6-9H2,1-2H3/b4-3+. The molecule has 0 radical (unpaired) electrons. The lowest BCUT2D eigenvalue weighted by Crippen LogP contribution is -2.28. The highest BCUT2D eigenvalue weighted by Gasteiger charge is 2.04. The maximum absolute atomic E-state index is 11.8. The highest BCUT2D eigenvalue weighted by Crippen LogP contribution is 2.16. The van der Waals surface area contributed by atoms with Gasteiger partial charge in [0.15, 0.2) is 0 Å². The third kappa shape index (κ3) is 5.00. The molecule has 1 rings (SSSR count). The van der Waals surface area contributed by atoms with E-state index in [1.54, 1.807) is 29.4 Å². The molecule has 0 aromatic carbocycles. The Morgan fingerprint density at radius 1 is 1.56 bits per heavy atom. The first-order chi connectivity index (χ1) is 8.65. The third-order valence-electron chi connectivity index (χ3n) is 2.46. The molecule has 1 aromatic heterocycles. The van der Waals surface area contributed by atoms with Crippen molar-refractivity contribution in [2.75, 3.05) is 33.4 Å². The van der Waals surface area contributed by atoms with Gasteiger partial charge in [0, 0.05) is 24.5 Å². The largest absolute Gasteiger partial charge is 0.394 e. The number of likely N-dealkylation sites (N-methyl/N-ethyl adjacent to an activating group) is 1. The van der Waals surface area contributed by atoms with E-state index in [1.165, 1.54) is 5.56 Å². The van der Waals surface area contributed by atoms with Gasteiger partial charge in [-0.05, 0) is 30.0 Å². The zero-order chi connectivity index (χ0) is 13.4. The van der Waals surface area contributed by atoms with Gasteiger partial charge in [-0.2, -0.15) is 0 Å². The van der Waals surface area contributed by atoms with Gasteiger partial charge in [0.2, 0.25) is 5.91 Å². The SMILES string of the molecule is Cc1ccsc1/C=C/C(=O)N(C)CCOCCO. The van der Waals surface area contributed by atoms with Crippen LogP contribution < -0.4 is 0 Å². The van der Waals surface area contributed by atoms with Crippen LogP contribution in [0.1, 0.15) is 10.4 Å². The van der Waals surface area contributed by atoms with Crippen molar-refractivity contribution in [2.24, 2.45) is 0 Å². The summed E-state index contributed by atoms with van der Waals surface area (Å²) in [6, 6.07) is 2.03. The topological polar surface area (TPSA) is 49.8 Å². The number of hydrogen-bond acceptors (Lipinski definition) is 4. The van der Waals surface area contributed by atoms with Gasteiger partial charge in [-0.3, -0.25) is 4.79 Å². The van der Waals surface area contributed by atoms with Gasteiger partial charge in [-0.15, -0.1) is 11.3 Å². The molecular weight excluding hydrogens is 250 g/mol. The molecule has 0 atom stereocenters. The molecule has 5 heteroatoms. The van der Waals surface area contributed by atoms with Crippen molar-refractivity contribution in [3.63, 3.8) is 0 Å². The minimum absolute atomic E-state index is 0.00915. The summed E-state index contributed by atoms with van der Waals surface area (Å²) in [5.41, 5.74) is 1.18. The van der Waals surface area contributed by atoms with Gasteiger partial charge in [-0.1, -0.05) is 0 Å². The van der Waals surface area contributed by atoms with Crippen molar-refractivity contribution < 1.29 is 14.6 Å². The van der Waals surface area contributed by atoms with E-state index in [9.17, 15) is 4.79 Å². The lowest BCUT2D eigenvalue weighted by atomic mass is 10.3. The lowest BCUT2D eigenvalue weighted by molar-refractivity contribution is -0.125. The van der Waals surface area contributed by atoms with Gasteiger partial charge in [0.25, 0.3) is 0 Å². The molecule has 18 heavy (non-hydrogen) atoms. The van der Waals surface area contributed by atoms with Crippen LogP contribution in [-0.2, 0) is 9.53 Å². The number of aryl methyl sites for hydroxylation is 1. The second-order valence-corrected chi connectivity index (χ2v) is 4.84. The summed E-state index contributed by atoms with van der Waals surface area (Å²) in [5, 5.41) is 10.5. The van der Waals surface area contributed by atoms with Crippen LogP contribution in [0.2, 0.25) is 0 Å². The molecule has 1 amide bonds. The van der Waals surface area contributed by atoms with Crippen LogP contribution in [-0.4, -0.2) is 49.3 Å². The second kappa shape index (κ2) is 8.02. The number of carbonyl (C=O) groups excluding carboxylic acids is 1. The van der Waals surface area contributed by atoms with Gasteiger partial charge >= 0.3 is 0 Å². The Balaban J connectivity index is 2.35. The van der Waals surface area contributed by atoms with E-state index in [2.05, 4.69) is 0 Å². The normalized spacial score (nSPS) is 11.1. The average Bonchev–Trinajstić information content (AvgIpc) is 2.77. The molecule has 0 saturated carbocycles. The third-order valence-corrected chi connectivity index (χ3v) is 3.45. The predicted octanol–water partition coefficient (Wildman–Crippen LogP) is 1.54. The molecule has 0 aliphatic rings. The van der Waals surface area contributed by atoms with E-state index in [-0.39, 0.29) is 12.5 Å². The van der Waals surface area contributed by atoms with E-state index < -0.39 is 0 Å². The molecule has 0 spiro atoms. The van der Waals surface area contributed by atoms with Crippen molar-refractivity contribution >= 4 is 23.3 Å². The minimum atomic E-state index is -0.0459. The summed E-state index contributed by atoms with van der Waals surface area (Å²) in [6.45, 7) is 3.30. The monoisotopic (exact) mass is 269 g/mol. The number of thiophene rings is 1. The van der Waals surface area contributed by atoms with Crippen molar-refractivity contribution in [2.45, 2.75) is 6.92 Å². The number of carbonyl (C=O) groups is 1. The molecule has 100 valence electrons. The minimum Gasteiger partial charge on any atom is -0.394 e. The number of nitrogens with zero attached hydrogens (tertiary/aromatic N) is 1. The zero-order valence-electron chi connectivity index (χ0n) is 10.8. The molecule has 4 nitrogen and oxygen atoms in total. The van der Waals surface area contributed by atoms with Crippen LogP contribution in [0, 0.1) is 6.92 Å². The molecular formula is C13H19NO3S. The van der Waals surface area contributed by atoms with Crippen LogP contribution in [0.5, 0.6) is 0 Å². The van der Waals surface area contributed by atoms with E-state index in [0.717, 1.165) is 4.88 Å². The number of hydrogen-bond donors (Lipinski definition) is 1. The van der Waals surface area contributed by atoms with E-state index in [4.69, 9.17) is 9.84 Å². The van der Waals surface area contributed by atoms with Crippen LogP contribution >= 0.6 is 11.3 Å². The highest BCUT2D eigenvalue weighted by molar-refractivity contribution is 7.11. The van der Waals surface area contributed by atoms with Crippen molar-refractivity contribution in [3.05, 3.63) is 28.0 Å². The number of rotatable bonds is 7. The first-order valence-electron chi connectivity index (χ1n) is 5.81. The summed E-state index contributed by atoms with van der Waals surface area (Å²) in [4.78, 5) is 14.5. The maximum Gasteiger partial charge on any atom is 0.246 e. The van der Waals surface area contributed by atoms with E-state index in [0.29, 0.717) is 19.8 Å². The molecule has 1 heterocycles. The highest BCUT2D eigenvalue weighted by atomic mass is 32.1. The Hall–Kier alpha value is -1.17. The summed E-state index contributed by atoms with van der Waals surface area (Å²) in [5.74, 6) is -0.0459. The number of ether oxygens (including phenoxy) is 1. The summed E-state index contributed by atoms with van der Waals surface area (Å²) in [6.07, 6.45) is 3.41. The van der Waals surface area contributed by atoms with Crippen molar-refractivity contribution in [1.29, 1.82) is 0 Å². The van der Waals surface area contributed by atoms with Crippen molar-refractivity contribution in [1.82, 2.24) is 4.90 Å². The fraction of sp³-hybridized carbons (Fsp3) is 0.462. The van der Waals surface area contributed by atoms with Crippen LogP contribution in [0.25, 0.3) is 6.08 Å². The Bertz CT molecular complexity index is 401. The predicted molar refractivity (Wildman–Crippen MR) is 73.6 cm³/mol. The molecule has 1 N–H and O–H groups in total. The fourth-order valence-corrected chi connectivity index (χ4v) is 2.13. The smallest absolute Gasteiger partial charge is 0.246 e. The lowest BCUT2D eigenvalue weighted by Gasteiger charge is -2.14.